The van der Waals surface area contributed by atoms with Gasteiger partial charge in [-0.15, -0.1) is 0 Å². The van der Waals surface area contributed by atoms with Crippen LogP contribution in [0.4, 0.5) is 0 Å². The highest BCUT2D eigenvalue weighted by molar-refractivity contribution is 6.21. The molecule has 0 amide bonds. The van der Waals surface area contributed by atoms with Crippen molar-refractivity contribution < 1.29 is 8.83 Å². The van der Waals surface area contributed by atoms with Gasteiger partial charge < -0.3 is 13.4 Å². The maximum Gasteiger partial charge on any atom is 0.143 e. The van der Waals surface area contributed by atoms with Gasteiger partial charge in [-0.05, 0) is 47.0 Å². The van der Waals surface area contributed by atoms with Crippen LogP contribution in [0.3, 0.4) is 0 Å². The number of aromatic nitrogens is 1. The molecule has 51 heavy (non-hydrogen) atoms. The van der Waals surface area contributed by atoms with E-state index in [2.05, 4.69) is 168 Å². The molecular weight excluding hydrogens is 623 g/mol. The molecule has 238 valence electrons. The Balaban J connectivity index is 1.30. The zero-order chi connectivity index (χ0) is 33.5. The number of rotatable bonds is 4. The zero-order valence-corrected chi connectivity index (χ0v) is 27.5. The highest BCUT2D eigenvalue weighted by Gasteiger charge is 2.25. The number of nitrogens with zero attached hydrogens (tertiary/aromatic N) is 1. The zero-order valence-electron chi connectivity index (χ0n) is 27.5. The summed E-state index contributed by atoms with van der Waals surface area (Å²) in [5.74, 6) is 0. The van der Waals surface area contributed by atoms with Gasteiger partial charge in [-0.25, -0.2) is 0 Å². The summed E-state index contributed by atoms with van der Waals surface area (Å²) in [6.45, 7) is 0. The average Bonchev–Trinajstić information content (AvgIpc) is 3.88. The van der Waals surface area contributed by atoms with Crippen LogP contribution in [0.1, 0.15) is 0 Å². The minimum absolute atomic E-state index is 0.875. The summed E-state index contributed by atoms with van der Waals surface area (Å²) in [4.78, 5) is 0. The predicted molar refractivity (Wildman–Crippen MR) is 212 cm³/mol. The number of para-hydroxylation sites is 5. The van der Waals surface area contributed by atoms with E-state index < -0.39 is 0 Å². The first-order chi connectivity index (χ1) is 25.3. The summed E-state index contributed by atoms with van der Waals surface area (Å²) < 4.78 is 15.9. The van der Waals surface area contributed by atoms with Crippen LogP contribution in [0.2, 0.25) is 0 Å². The third-order valence-electron chi connectivity index (χ3n) is 10.4. The van der Waals surface area contributed by atoms with Gasteiger partial charge in [0.15, 0.2) is 0 Å². The lowest BCUT2D eigenvalue weighted by atomic mass is 9.90. The monoisotopic (exact) mass is 651 g/mol. The number of hydrogen-bond acceptors (Lipinski definition) is 2. The van der Waals surface area contributed by atoms with Crippen molar-refractivity contribution in [2.75, 3.05) is 0 Å². The fraction of sp³-hybridized carbons (Fsp3) is 0. The highest BCUT2D eigenvalue weighted by atomic mass is 16.3. The minimum atomic E-state index is 0.875. The Morgan fingerprint density at radius 1 is 0.333 bits per heavy atom. The van der Waals surface area contributed by atoms with Crippen molar-refractivity contribution in [2.24, 2.45) is 0 Å². The van der Waals surface area contributed by atoms with Crippen molar-refractivity contribution in [3.05, 3.63) is 176 Å². The Kier molecular flexibility index (Phi) is 5.96. The van der Waals surface area contributed by atoms with Crippen LogP contribution < -0.4 is 0 Å². The second kappa shape index (κ2) is 10.8. The standard InChI is InChI=1S/C48H29NO2/c1-2-12-30(13-3-1)31-24-26-32(27-25-31)49-42-21-7-4-14-33(42)37-29-28-36(40-19-10-17-38-34-15-5-8-22-43(34)50-47(38)40)45(46(37)49)41-20-11-18-39-35-16-6-9-23-44(35)51-48(39)41/h1-29H. The van der Waals surface area contributed by atoms with Gasteiger partial charge in [0.05, 0.1) is 11.0 Å². The van der Waals surface area contributed by atoms with Gasteiger partial charge in [0.1, 0.15) is 22.3 Å². The van der Waals surface area contributed by atoms with Gasteiger partial charge in [0.2, 0.25) is 0 Å². The lowest BCUT2D eigenvalue weighted by Crippen LogP contribution is -1.97. The molecule has 11 rings (SSSR count). The highest BCUT2D eigenvalue weighted by Crippen LogP contribution is 2.48. The van der Waals surface area contributed by atoms with Crippen molar-refractivity contribution in [1.82, 2.24) is 4.57 Å². The van der Waals surface area contributed by atoms with E-state index in [9.17, 15) is 0 Å². The molecule has 11 aromatic rings. The topological polar surface area (TPSA) is 31.2 Å². The third-order valence-corrected chi connectivity index (χ3v) is 10.4. The molecule has 0 saturated carbocycles. The molecule has 0 atom stereocenters. The molecule has 0 bridgehead atoms. The van der Waals surface area contributed by atoms with Crippen LogP contribution >= 0.6 is 0 Å². The molecule has 3 aromatic heterocycles. The molecule has 0 aliphatic carbocycles. The lowest BCUT2D eigenvalue weighted by Gasteiger charge is -2.17. The quantitative estimate of drug-likeness (QED) is 0.190. The van der Waals surface area contributed by atoms with E-state index in [1.54, 1.807) is 0 Å². The van der Waals surface area contributed by atoms with Gasteiger partial charge in [0, 0.05) is 54.7 Å². The molecule has 0 N–H and O–H groups in total. The summed E-state index contributed by atoms with van der Waals surface area (Å²) in [5, 5.41) is 6.81. The average molecular weight is 652 g/mol. The second-order valence-corrected chi connectivity index (χ2v) is 13.2. The maximum absolute atomic E-state index is 6.76. The molecular formula is C48H29NO2. The van der Waals surface area contributed by atoms with Crippen molar-refractivity contribution in [2.45, 2.75) is 0 Å². The fourth-order valence-corrected chi connectivity index (χ4v) is 8.16. The second-order valence-electron chi connectivity index (χ2n) is 13.2. The van der Waals surface area contributed by atoms with E-state index in [4.69, 9.17) is 8.83 Å². The maximum atomic E-state index is 6.76. The van der Waals surface area contributed by atoms with E-state index in [0.717, 1.165) is 82.9 Å². The molecule has 3 heteroatoms. The normalized spacial score (nSPS) is 11.9. The molecule has 0 saturated heterocycles. The fourth-order valence-electron chi connectivity index (χ4n) is 8.16. The van der Waals surface area contributed by atoms with E-state index in [0.29, 0.717) is 0 Å². The van der Waals surface area contributed by atoms with E-state index in [-0.39, 0.29) is 0 Å². The van der Waals surface area contributed by atoms with Gasteiger partial charge in [0.25, 0.3) is 0 Å². The molecule has 0 spiro atoms. The molecule has 0 unspecified atom stereocenters. The van der Waals surface area contributed by atoms with Crippen LogP contribution in [0, 0.1) is 0 Å². The van der Waals surface area contributed by atoms with E-state index in [1.165, 1.54) is 21.9 Å². The number of benzene rings is 8. The Hall–Kier alpha value is -6.84. The van der Waals surface area contributed by atoms with E-state index >= 15 is 0 Å². The molecule has 0 fully saturated rings. The molecule has 3 nitrogen and oxygen atoms in total. The first-order valence-corrected chi connectivity index (χ1v) is 17.4. The van der Waals surface area contributed by atoms with Crippen molar-refractivity contribution in [3.63, 3.8) is 0 Å². The Labute approximate surface area is 293 Å². The van der Waals surface area contributed by atoms with Crippen LogP contribution in [0.5, 0.6) is 0 Å². The lowest BCUT2D eigenvalue weighted by molar-refractivity contribution is 0.669. The largest absolute Gasteiger partial charge is 0.455 e. The van der Waals surface area contributed by atoms with Crippen LogP contribution in [0.15, 0.2) is 185 Å². The van der Waals surface area contributed by atoms with Crippen LogP contribution in [-0.2, 0) is 0 Å². The smallest absolute Gasteiger partial charge is 0.143 e. The number of hydrogen-bond donors (Lipinski definition) is 0. The first kappa shape index (κ1) is 28.0. The van der Waals surface area contributed by atoms with Gasteiger partial charge in [-0.1, -0.05) is 146 Å². The Morgan fingerprint density at radius 3 is 1.59 bits per heavy atom. The SMILES string of the molecule is c1ccc(-c2ccc(-n3c4ccccc4c4ccc(-c5cccc6c5oc5ccccc56)c(-c5cccc6c5oc5ccccc56)c43)cc2)cc1. The van der Waals surface area contributed by atoms with Crippen LogP contribution in [-0.4, -0.2) is 4.57 Å². The molecule has 0 aliphatic rings. The summed E-state index contributed by atoms with van der Waals surface area (Å²) in [5.41, 5.74) is 13.6. The van der Waals surface area contributed by atoms with Crippen molar-refractivity contribution in [3.8, 4) is 39.1 Å². The minimum Gasteiger partial charge on any atom is -0.455 e. The van der Waals surface area contributed by atoms with Gasteiger partial charge >= 0.3 is 0 Å². The molecule has 0 aliphatic heterocycles. The van der Waals surface area contributed by atoms with Crippen LogP contribution in [0.25, 0.3) is 105 Å². The Morgan fingerprint density at radius 2 is 0.882 bits per heavy atom. The van der Waals surface area contributed by atoms with Gasteiger partial charge in [-0.2, -0.15) is 0 Å². The Bertz CT molecular complexity index is 3120. The third kappa shape index (κ3) is 4.12. The molecule has 8 aromatic carbocycles. The van der Waals surface area contributed by atoms with Crippen molar-refractivity contribution >= 4 is 65.7 Å². The summed E-state index contributed by atoms with van der Waals surface area (Å²) in [7, 11) is 0. The number of fused-ring (bicyclic) bond motifs is 9. The predicted octanol–water partition coefficient (Wildman–Crippen LogP) is 13.6. The molecule has 3 heterocycles. The van der Waals surface area contributed by atoms with E-state index in [1.807, 2.05) is 12.1 Å². The number of furan rings is 2. The molecule has 0 radical (unpaired) electrons. The first-order valence-electron chi connectivity index (χ1n) is 17.4. The summed E-state index contributed by atoms with van der Waals surface area (Å²) in [6.07, 6.45) is 0. The summed E-state index contributed by atoms with van der Waals surface area (Å²) in [6, 6.07) is 62.4. The summed E-state index contributed by atoms with van der Waals surface area (Å²) >= 11 is 0. The van der Waals surface area contributed by atoms with Crippen molar-refractivity contribution in [1.29, 1.82) is 0 Å². The van der Waals surface area contributed by atoms with Gasteiger partial charge in [-0.3, -0.25) is 0 Å².